The molecule has 2 N–H and O–H groups in total. The van der Waals surface area contributed by atoms with Crippen molar-refractivity contribution >= 4 is 34.1 Å². The lowest BCUT2D eigenvalue weighted by molar-refractivity contribution is -0.114. The van der Waals surface area contributed by atoms with Crippen molar-refractivity contribution in [1.82, 2.24) is 4.98 Å². The van der Waals surface area contributed by atoms with Crippen LogP contribution >= 0.6 is 0 Å². The molecule has 0 atom stereocenters. The van der Waals surface area contributed by atoms with E-state index < -0.39 is 0 Å². The molecule has 0 saturated carbocycles. The van der Waals surface area contributed by atoms with Crippen LogP contribution in [0.1, 0.15) is 28.5 Å². The van der Waals surface area contributed by atoms with Gasteiger partial charge in [-0.25, -0.2) is 0 Å². The van der Waals surface area contributed by atoms with Crippen LogP contribution < -0.4 is 10.6 Å². The third-order valence-electron chi connectivity index (χ3n) is 3.78. The van der Waals surface area contributed by atoms with Crippen LogP contribution in [-0.4, -0.2) is 16.8 Å². The van der Waals surface area contributed by atoms with E-state index in [9.17, 15) is 9.59 Å². The fourth-order valence-corrected chi connectivity index (χ4v) is 2.74. The number of hydrogen-bond acceptors (Lipinski definition) is 3. The van der Waals surface area contributed by atoms with E-state index in [1.807, 2.05) is 32.0 Å². The summed E-state index contributed by atoms with van der Waals surface area (Å²) in [6.45, 7) is 5.30. The molecule has 0 spiro atoms. The summed E-state index contributed by atoms with van der Waals surface area (Å²) in [6.07, 6.45) is 0. The van der Waals surface area contributed by atoms with E-state index in [0.717, 1.165) is 22.2 Å². The molecular weight excluding hydrogens is 314 g/mol. The van der Waals surface area contributed by atoms with Gasteiger partial charge in [-0.1, -0.05) is 17.7 Å². The number of carbonyl (C=O) groups excluding carboxylic acids is 2. The van der Waals surface area contributed by atoms with Gasteiger partial charge in [0.15, 0.2) is 0 Å². The summed E-state index contributed by atoms with van der Waals surface area (Å²) in [5.41, 5.74) is 4.48. The molecule has 0 aliphatic heterocycles. The first-order chi connectivity index (χ1) is 11.9. The molecule has 0 saturated heterocycles. The number of rotatable bonds is 3. The van der Waals surface area contributed by atoms with E-state index in [-0.39, 0.29) is 11.8 Å². The Labute approximate surface area is 146 Å². The van der Waals surface area contributed by atoms with E-state index in [4.69, 9.17) is 0 Å². The van der Waals surface area contributed by atoms with Gasteiger partial charge in [-0.05, 0) is 50.2 Å². The minimum absolute atomic E-state index is 0.158. The predicted octanol–water partition coefficient (Wildman–Crippen LogP) is 4.06. The van der Waals surface area contributed by atoms with Crippen LogP contribution in [0.3, 0.4) is 0 Å². The highest BCUT2D eigenvalue weighted by Gasteiger charge is 2.13. The van der Waals surface area contributed by atoms with Crippen LogP contribution in [0, 0.1) is 13.8 Å². The maximum atomic E-state index is 12.8. The number of anilines is 2. The van der Waals surface area contributed by atoms with E-state index in [1.54, 1.807) is 30.3 Å². The van der Waals surface area contributed by atoms with Crippen LogP contribution in [0.25, 0.3) is 10.9 Å². The molecule has 0 aliphatic carbocycles. The first kappa shape index (κ1) is 16.6. The Morgan fingerprint density at radius 3 is 2.36 bits per heavy atom. The second-order valence-corrected chi connectivity index (χ2v) is 6.05. The number of nitrogens with zero attached hydrogens (tertiary/aromatic N) is 1. The van der Waals surface area contributed by atoms with Gasteiger partial charge < -0.3 is 10.6 Å². The van der Waals surface area contributed by atoms with Crippen molar-refractivity contribution < 1.29 is 9.59 Å². The number of amides is 2. The SMILES string of the molecule is CC(=O)Nc1cccc(NC(=O)c2cc(C)nc3ccc(C)cc23)c1. The normalized spacial score (nSPS) is 10.5. The van der Waals surface area contributed by atoms with Crippen LogP contribution in [0.15, 0.2) is 48.5 Å². The van der Waals surface area contributed by atoms with Crippen molar-refractivity contribution in [2.24, 2.45) is 0 Å². The molecule has 3 aromatic rings. The number of hydrogen-bond donors (Lipinski definition) is 2. The average molecular weight is 333 g/mol. The summed E-state index contributed by atoms with van der Waals surface area (Å²) in [6, 6.07) is 14.7. The Morgan fingerprint density at radius 1 is 0.920 bits per heavy atom. The highest BCUT2D eigenvalue weighted by molar-refractivity contribution is 6.12. The summed E-state index contributed by atoms with van der Waals surface area (Å²) >= 11 is 0. The molecule has 0 radical (unpaired) electrons. The van der Waals surface area contributed by atoms with E-state index in [2.05, 4.69) is 15.6 Å². The largest absolute Gasteiger partial charge is 0.326 e. The van der Waals surface area contributed by atoms with Crippen LogP contribution in [0.5, 0.6) is 0 Å². The fourth-order valence-electron chi connectivity index (χ4n) is 2.74. The number of aromatic nitrogens is 1. The molecule has 2 aromatic carbocycles. The molecule has 0 unspecified atom stereocenters. The Morgan fingerprint density at radius 2 is 1.64 bits per heavy atom. The fraction of sp³-hybridized carbons (Fsp3) is 0.150. The lowest BCUT2D eigenvalue weighted by atomic mass is 10.0. The molecule has 0 aliphatic rings. The Balaban J connectivity index is 1.95. The lowest BCUT2D eigenvalue weighted by Crippen LogP contribution is -2.14. The van der Waals surface area contributed by atoms with Gasteiger partial charge in [0, 0.05) is 29.4 Å². The minimum atomic E-state index is -0.207. The van der Waals surface area contributed by atoms with Crippen molar-refractivity contribution in [3.05, 3.63) is 65.4 Å². The van der Waals surface area contributed by atoms with E-state index >= 15 is 0 Å². The molecule has 0 fully saturated rings. The smallest absolute Gasteiger partial charge is 0.256 e. The van der Waals surface area contributed by atoms with Gasteiger partial charge in [-0.3, -0.25) is 14.6 Å². The quantitative estimate of drug-likeness (QED) is 0.759. The van der Waals surface area contributed by atoms with Gasteiger partial charge in [0.2, 0.25) is 5.91 Å². The van der Waals surface area contributed by atoms with Crippen molar-refractivity contribution in [2.45, 2.75) is 20.8 Å². The monoisotopic (exact) mass is 333 g/mol. The second-order valence-electron chi connectivity index (χ2n) is 6.05. The van der Waals surface area contributed by atoms with Gasteiger partial charge in [0.05, 0.1) is 11.1 Å². The molecule has 25 heavy (non-hydrogen) atoms. The molecule has 2 amide bonds. The van der Waals surface area contributed by atoms with Gasteiger partial charge in [-0.15, -0.1) is 0 Å². The van der Waals surface area contributed by atoms with Gasteiger partial charge in [0.1, 0.15) is 0 Å². The summed E-state index contributed by atoms with van der Waals surface area (Å²) in [4.78, 5) is 28.5. The average Bonchev–Trinajstić information content (AvgIpc) is 2.54. The minimum Gasteiger partial charge on any atom is -0.326 e. The topological polar surface area (TPSA) is 71.1 Å². The van der Waals surface area contributed by atoms with Crippen molar-refractivity contribution in [1.29, 1.82) is 0 Å². The Kier molecular flexibility index (Phi) is 4.48. The predicted molar refractivity (Wildman–Crippen MR) is 99.9 cm³/mol. The zero-order valence-electron chi connectivity index (χ0n) is 14.4. The molecule has 5 heteroatoms. The number of nitrogens with one attached hydrogen (secondary N) is 2. The maximum Gasteiger partial charge on any atom is 0.256 e. The van der Waals surface area contributed by atoms with Crippen molar-refractivity contribution in [3.8, 4) is 0 Å². The van der Waals surface area contributed by atoms with Crippen molar-refractivity contribution in [2.75, 3.05) is 10.6 Å². The molecule has 3 rings (SSSR count). The zero-order valence-corrected chi connectivity index (χ0v) is 14.4. The maximum absolute atomic E-state index is 12.8. The molecule has 1 heterocycles. The molecule has 126 valence electrons. The summed E-state index contributed by atoms with van der Waals surface area (Å²) in [7, 11) is 0. The third kappa shape index (κ3) is 3.83. The number of benzene rings is 2. The molecular formula is C20H19N3O2. The third-order valence-corrected chi connectivity index (χ3v) is 3.78. The second kappa shape index (κ2) is 6.73. The van der Waals surface area contributed by atoms with Crippen molar-refractivity contribution in [3.63, 3.8) is 0 Å². The zero-order chi connectivity index (χ0) is 18.0. The first-order valence-corrected chi connectivity index (χ1v) is 7.99. The van der Waals surface area contributed by atoms with Crippen LogP contribution in [0.2, 0.25) is 0 Å². The number of fused-ring (bicyclic) bond motifs is 1. The van der Waals surface area contributed by atoms with Crippen LogP contribution in [-0.2, 0) is 4.79 Å². The summed E-state index contributed by atoms with van der Waals surface area (Å²) < 4.78 is 0. The highest BCUT2D eigenvalue weighted by Crippen LogP contribution is 2.22. The Bertz CT molecular complexity index is 980. The molecule has 5 nitrogen and oxygen atoms in total. The standard InChI is InChI=1S/C20H19N3O2/c1-12-7-8-19-17(9-12)18(10-13(2)21-19)20(25)23-16-6-4-5-15(11-16)22-14(3)24/h4-11H,1-3H3,(H,22,24)(H,23,25). The van der Waals surface area contributed by atoms with Gasteiger partial charge in [0.25, 0.3) is 5.91 Å². The molecule has 1 aromatic heterocycles. The van der Waals surface area contributed by atoms with E-state index in [1.165, 1.54) is 6.92 Å². The Hall–Kier alpha value is -3.21. The van der Waals surface area contributed by atoms with Crippen LogP contribution in [0.4, 0.5) is 11.4 Å². The number of carbonyl (C=O) groups is 2. The highest BCUT2D eigenvalue weighted by atomic mass is 16.2. The summed E-state index contributed by atoms with van der Waals surface area (Å²) in [5, 5.41) is 6.42. The van der Waals surface area contributed by atoms with Gasteiger partial charge >= 0.3 is 0 Å². The van der Waals surface area contributed by atoms with Gasteiger partial charge in [-0.2, -0.15) is 0 Å². The number of pyridine rings is 1. The number of aryl methyl sites for hydroxylation is 2. The van der Waals surface area contributed by atoms with E-state index in [0.29, 0.717) is 16.9 Å². The molecule has 0 bridgehead atoms. The lowest BCUT2D eigenvalue weighted by Gasteiger charge is -2.11. The first-order valence-electron chi connectivity index (χ1n) is 7.99. The summed E-state index contributed by atoms with van der Waals surface area (Å²) in [5.74, 6) is -0.365.